The van der Waals surface area contributed by atoms with E-state index < -0.39 is 0 Å². The lowest BCUT2D eigenvalue weighted by atomic mass is 10.0. The molecular formula is C25H12FNO3S. The van der Waals surface area contributed by atoms with Crippen LogP contribution in [-0.2, 0) is 0 Å². The van der Waals surface area contributed by atoms with Crippen LogP contribution in [0.1, 0.15) is 26.6 Å². The van der Waals surface area contributed by atoms with Crippen LogP contribution in [0.5, 0.6) is 0 Å². The van der Waals surface area contributed by atoms with Crippen LogP contribution < -0.4 is 0 Å². The monoisotopic (exact) mass is 425 g/mol. The van der Waals surface area contributed by atoms with Gasteiger partial charge in [-0.25, -0.2) is 4.39 Å². The number of nitrogens with zero attached hydrogens (tertiary/aromatic N) is 1. The molecule has 1 aliphatic carbocycles. The Balaban J connectivity index is 1.38. The topological polar surface area (TPSA) is 60.2 Å². The van der Waals surface area contributed by atoms with Crippen LogP contribution in [-0.4, -0.2) is 16.6 Å². The van der Waals surface area contributed by atoms with E-state index in [4.69, 9.17) is 4.42 Å². The van der Waals surface area contributed by atoms with E-state index in [1.165, 1.54) is 29.5 Å². The molecule has 0 bridgehead atoms. The highest BCUT2D eigenvalue weighted by Crippen LogP contribution is 2.35. The van der Waals surface area contributed by atoms with Gasteiger partial charge in [0.25, 0.3) is 0 Å². The van der Waals surface area contributed by atoms with Gasteiger partial charge in [-0.05, 0) is 40.6 Å². The predicted molar refractivity (Wildman–Crippen MR) is 118 cm³/mol. The maximum Gasteiger partial charge on any atom is 0.221 e. The fourth-order valence-corrected chi connectivity index (χ4v) is 4.80. The van der Waals surface area contributed by atoms with Gasteiger partial charge in [-0.1, -0.05) is 36.4 Å². The van der Waals surface area contributed by atoms with Gasteiger partial charge in [0.15, 0.2) is 22.0 Å². The number of ketones is 2. The molecule has 0 unspecified atom stereocenters. The summed E-state index contributed by atoms with van der Waals surface area (Å²) in [4.78, 5) is 31.7. The third-order valence-electron chi connectivity index (χ3n) is 5.37. The fraction of sp³-hybridized carbons (Fsp3) is 0. The van der Waals surface area contributed by atoms with E-state index in [9.17, 15) is 14.0 Å². The van der Waals surface area contributed by atoms with Gasteiger partial charge >= 0.3 is 0 Å². The second-order valence-electron chi connectivity index (χ2n) is 7.30. The molecule has 31 heavy (non-hydrogen) atoms. The SMILES string of the molecule is O=C1C(=Cc2nc3sc(-c4ccc(F)cc4)cc3o2)C(=O)c2cc3ccccc3cc21. The van der Waals surface area contributed by atoms with Crippen molar-refractivity contribution in [2.75, 3.05) is 0 Å². The summed E-state index contributed by atoms with van der Waals surface area (Å²) >= 11 is 1.40. The number of allylic oxidation sites excluding steroid dienone is 1. The Morgan fingerprint density at radius 1 is 0.871 bits per heavy atom. The van der Waals surface area contributed by atoms with Crippen molar-refractivity contribution in [1.82, 2.24) is 4.98 Å². The van der Waals surface area contributed by atoms with Gasteiger partial charge in [-0.2, -0.15) is 4.98 Å². The van der Waals surface area contributed by atoms with E-state index in [0.29, 0.717) is 21.5 Å². The lowest BCUT2D eigenvalue weighted by molar-refractivity contribution is 0.0990. The van der Waals surface area contributed by atoms with Crippen LogP contribution in [0.4, 0.5) is 4.39 Å². The van der Waals surface area contributed by atoms with Gasteiger partial charge in [-0.15, -0.1) is 11.3 Å². The van der Waals surface area contributed by atoms with Crippen LogP contribution in [0.3, 0.4) is 0 Å². The average molecular weight is 425 g/mol. The molecule has 4 nitrogen and oxygen atoms in total. The Bertz CT molecular complexity index is 1490. The van der Waals surface area contributed by atoms with E-state index in [1.807, 2.05) is 30.3 Å². The molecule has 0 radical (unpaired) electrons. The highest BCUT2D eigenvalue weighted by atomic mass is 32.1. The number of carbonyl (C=O) groups excluding carboxylic acids is 2. The number of hydrogen-bond donors (Lipinski definition) is 0. The van der Waals surface area contributed by atoms with E-state index in [-0.39, 0.29) is 28.8 Å². The first-order valence-corrected chi connectivity index (χ1v) is 10.4. The van der Waals surface area contributed by atoms with Gasteiger partial charge in [0.1, 0.15) is 5.82 Å². The molecule has 0 N–H and O–H groups in total. The van der Waals surface area contributed by atoms with Gasteiger partial charge in [0.05, 0.1) is 5.57 Å². The van der Waals surface area contributed by atoms with Gasteiger partial charge in [0.2, 0.25) is 5.89 Å². The zero-order chi connectivity index (χ0) is 21.1. The summed E-state index contributed by atoms with van der Waals surface area (Å²) in [5.41, 5.74) is 2.28. The highest BCUT2D eigenvalue weighted by molar-refractivity contribution is 7.21. The molecular weight excluding hydrogens is 413 g/mol. The molecule has 0 fully saturated rings. The number of hydrogen-bond acceptors (Lipinski definition) is 5. The molecule has 6 heteroatoms. The normalized spacial score (nSPS) is 13.4. The number of Topliss-reactive ketones (excluding diaryl/α,β-unsaturated/α-hetero) is 2. The first kappa shape index (κ1) is 17.9. The van der Waals surface area contributed by atoms with E-state index in [2.05, 4.69) is 4.98 Å². The van der Waals surface area contributed by atoms with Crippen molar-refractivity contribution < 1.29 is 18.4 Å². The smallest absolute Gasteiger partial charge is 0.221 e. The minimum Gasteiger partial charge on any atom is -0.436 e. The number of thiophene rings is 1. The molecule has 2 heterocycles. The number of halogens is 1. The van der Waals surface area contributed by atoms with Gasteiger partial charge < -0.3 is 4.42 Å². The van der Waals surface area contributed by atoms with Crippen molar-refractivity contribution in [3.63, 3.8) is 0 Å². The molecule has 0 spiro atoms. The molecule has 0 amide bonds. The van der Waals surface area contributed by atoms with Crippen molar-refractivity contribution in [2.45, 2.75) is 0 Å². The number of carbonyl (C=O) groups is 2. The van der Waals surface area contributed by atoms with Crippen LogP contribution in [0, 0.1) is 5.82 Å². The molecule has 0 aliphatic heterocycles. The lowest BCUT2D eigenvalue weighted by Crippen LogP contribution is -2.00. The maximum atomic E-state index is 13.1. The Hall–Kier alpha value is -3.90. The second-order valence-corrected chi connectivity index (χ2v) is 8.33. The van der Waals surface area contributed by atoms with Crippen LogP contribution in [0.15, 0.2) is 76.7 Å². The number of aromatic nitrogens is 1. The Morgan fingerprint density at radius 3 is 2.13 bits per heavy atom. The standard InChI is InChI=1S/C25H12FNO3S/c26-16-7-5-13(6-8-16)21-12-20-25(31-21)27-22(30-20)11-19-23(28)17-9-14-3-1-2-4-15(14)10-18(17)24(19)29/h1-12H. The minimum atomic E-state index is -0.320. The summed E-state index contributed by atoms with van der Waals surface area (Å²) in [6.07, 6.45) is 1.42. The first-order valence-electron chi connectivity index (χ1n) is 9.57. The molecule has 1 aliphatic rings. The van der Waals surface area contributed by atoms with Gasteiger partial charge in [0, 0.05) is 28.1 Å². The third kappa shape index (κ3) is 2.84. The molecule has 2 aromatic heterocycles. The lowest BCUT2D eigenvalue weighted by Gasteiger charge is -2.00. The third-order valence-corrected chi connectivity index (χ3v) is 6.43. The quantitative estimate of drug-likeness (QED) is 0.246. The molecule has 0 saturated carbocycles. The number of benzene rings is 3. The van der Waals surface area contributed by atoms with Crippen LogP contribution in [0.2, 0.25) is 0 Å². The maximum absolute atomic E-state index is 13.1. The van der Waals surface area contributed by atoms with Crippen molar-refractivity contribution in [3.8, 4) is 10.4 Å². The summed E-state index contributed by atoms with van der Waals surface area (Å²) in [7, 11) is 0. The van der Waals surface area contributed by atoms with Crippen molar-refractivity contribution >= 4 is 50.2 Å². The Morgan fingerprint density at radius 2 is 1.52 bits per heavy atom. The number of oxazole rings is 1. The fourth-order valence-electron chi connectivity index (χ4n) is 3.83. The zero-order valence-corrected chi connectivity index (χ0v) is 16.7. The first-order chi connectivity index (χ1) is 15.1. The number of rotatable bonds is 2. The second kappa shape index (κ2) is 6.55. The largest absolute Gasteiger partial charge is 0.436 e. The van der Waals surface area contributed by atoms with Crippen molar-refractivity contribution in [3.05, 3.63) is 95.1 Å². The summed E-state index contributed by atoms with van der Waals surface area (Å²) in [6.45, 7) is 0. The summed E-state index contributed by atoms with van der Waals surface area (Å²) in [5.74, 6) is -0.726. The molecule has 5 aromatic rings. The Labute approximate surface area is 179 Å². The van der Waals surface area contributed by atoms with Crippen LogP contribution in [0.25, 0.3) is 37.7 Å². The highest BCUT2D eigenvalue weighted by Gasteiger charge is 2.34. The van der Waals surface area contributed by atoms with Crippen molar-refractivity contribution in [2.24, 2.45) is 0 Å². The van der Waals surface area contributed by atoms with E-state index in [0.717, 1.165) is 21.2 Å². The van der Waals surface area contributed by atoms with E-state index in [1.54, 1.807) is 24.3 Å². The predicted octanol–water partition coefficient (Wildman–Crippen LogP) is 6.31. The average Bonchev–Trinajstić information content (AvgIpc) is 3.40. The van der Waals surface area contributed by atoms with Crippen molar-refractivity contribution in [1.29, 1.82) is 0 Å². The van der Waals surface area contributed by atoms with Gasteiger partial charge in [-0.3, -0.25) is 9.59 Å². The summed E-state index contributed by atoms with van der Waals surface area (Å²) in [5, 5.41) is 1.82. The number of fused-ring (bicyclic) bond motifs is 3. The van der Waals surface area contributed by atoms with E-state index >= 15 is 0 Å². The minimum absolute atomic E-state index is 0.0537. The summed E-state index contributed by atoms with van der Waals surface area (Å²) < 4.78 is 18.9. The molecule has 0 saturated heterocycles. The zero-order valence-electron chi connectivity index (χ0n) is 15.9. The van der Waals surface area contributed by atoms with Crippen LogP contribution >= 0.6 is 11.3 Å². The molecule has 6 rings (SSSR count). The molecule has 0 atom stereocenters. The summed E-state index contributed by atoms with van der Waals surface area (Å²) in [6, 6.07) is 19.1. The Kier molecular flexibility index (Phi) is 3.79. The molecule has 148 valence electrons. The molecule has 3 aromatic carbocycles.